The molecule has 1 aromatic heterocycles. The Morgan fingerprint density at radius 2 is 1.59 bits per heavy atom. The van der Waals surface area contributed by atoms with Gasteiger partial charge in [0.1, 0.15) is 5.82 Å². The van der Waals surface area contributed by atoms with Crippen molar-refractivity contribution < 1.29 is 0 Å². The molecular weight excluding hydrogens is 334 g/mol. The zero-order chi connectivity index (χ0) is 19.0. The highest BCUT2D eigenvalue weighted by Crippen LogP contribution is 2.37. The molecule has 2 unspecified atom stereocenters. The molecule has 1 aliphatic carbocycles. The van der Waals surface area contributed by atoms with Crippen molar-refractivity contribution in [2.75, 3.05) is 16.8 Å². The number of fused-ring (bicyclic) bond motifs is 1. The van der Waals surface area contributed by atoms with E-state index in [0.29, 0.717) is 12.0 Å². The fourth-order valence-electron chi connectivity index (χ4n) is 5.01. The predicted molar refractivity (Wildman–Crippen MR) is 111 cm³/mol. The van der Waals surface area contributed by atoms with Gasteiger partial charge in [0, 0.05) is 18.3 Å². The first kappa shape index (κ1) is 18.2. The average Bonchev–Trinajstić information content (AvgIpc) is 2.64. The van der Waals surface area contributed by atoms with Gasteiger partial charge in [-0.3, -0.25) is 0 Å². The summed E-state index contributed by atoms with van der Waals surface area (Å²) >= 11 is 0. The standard InChI is InChI=1S/C22H31N5/c1-14-12-15(2)20(16(3)13-14)25-21-23-17(4)24-22(26-21)27-11-7-9-18-8-5-6-10-19(18)27/h12-13,18-19H,5-11H2,1-4H3,(H,23,24,25,26). The topological polar surface area (TPSA) is 53.9 Å². The van der Waals surface area contributed by atoms with Crippen molar-refractivity contribution in [3.8, 4) is 0 Å². The van der Waals surface area contributed by atoms with Crippen molar-refractivity contribution in [1.82, 2.24) is 15.0 Å². The summed E-state index contributed by atoms with van der Waals surface area (Å²) in [7, 11) is 0. The Bertz CT molecular complexity index is 806. The number of anilines is 3. The van der Waals surface area contributed by atoms with Crippen molar-refractivity contribution in [2.24, 2.45) is 5.92 Å². The SMILES string of the molecule is Cc1cc(C)c(Nc2nc(C)nc(N3CCCC4CCCCC43)n2)c(C)c1. The summed E-state index contributed by atoms with van der Waals surface area (Å²) in [6.45, 7) is 9.43. The smallest absolute Gasteiger partial charge is 0.232 e. The van der Waals surface area contributed by atoms with Crippen molar-refractivity contribution in [3.05, 3.63) is 34.6 Å². The molecule has 1 aliphatic heterocycles. The summed E-state index contributed by atoms with van der Waals surface area (Å²) in [5.74, 6) is 3.10. The van der Waals surface area contributed by atoms with Gasteiger partial charge in [-0.15, -0.1) is 0 Å². The van der Waals surface area contributed by atoms with Crippen LogP contribution in [-0.4, -0.2) is 27.5 Å². The van der Waals surface area contributed by atoms with Crippen LogP contribution in [0.5, 0.6) is 0 Å². The molecule has 4 rings (SSSR count). The van der Waals surface area contributed by atoms with Gasteiger partial charge in [0.05, 0.1) is 0 Å². The van der Waals surface area contributed by atoms with E-state index < -0.39 is 0 Å². The number of rotatable bonds is 3. The fraction of sp³-hybridized carbons (Fsp3) is 0.591. The Labute approximate surface area is 162 Å². The molecule has 2 aromatic rings. The number of piperidine rings is 1. The number of aryl methyl sites for hydroxylation is 4. The molecule has 0 bridgehead atoms. The first-order valence-electron chi connectivity index (χ1n) is 10.4. The first-order chi connectivity index (χ1) is 13.0. The van der Waals surface area contributed by atoms with Gasteiger partial charge in [-0.2, -0.15) is 15.0 Å². The van der Waals surface area contributed by atoms with E-state index in [4.69, 9.17) is 9.97 Å². The quantitative estimate of drug-likeness (QED) is 0.829. The molecule has 5 heteroatoms. The number of nitrogens with one attached hydrogen (secondary N) is 1. The second-order valence-corrected chi connectivity index (χ2v) is 8.35. The minimum Gasteiger partial charge on any atom is -0.337 e. The molecule has 1 saturated heterocycles. The highest BCUT2D eigenvalue weighted by Gasteiger charge is 2.34. The highest BCUT2D eigenvalue weighted by atomic mass is 15.3. The van der Waals surface area contributed by atoms with Crippen LogP contribution in [0.2, 0.25) is 0 Å². The largest absolute Gasteiger partial charge is 0.337 e. The van der Waals surface area contributed by atoms with Crippen molar-refractivity contribution in [1.29, 1.82) is 0 Å². The first-order valence-corrected chi connectivity index (χ1v) is 10.4. The second kappa shape index (κ2) is 7.45. The van der Waals surface area contributed by atoms with Gasteiger partial charge in [-0.1, -0.05) is 30.5 Å². The fourth-order valence-corrected chi connectivity index (χ4v) is 5.01. The predicted octanol–water partition coefficient (Wildman–Crippen LogP) is 5.01. The summed E-state index contributed by atoms with van der Waals surface area (Å²) < 4.78 is 0. The zero-order valence-electron chi connectivity index (χ0n) is 17.0. The molecule has 5 nitrogen and oxygen atoms in total. The van der Waals surface area contributed by atoms with Crippen LogP contribution in [0.1, 0.15) is 61.0 Å². The molecule has 2 aliphatic rings. The Balaban J connectivity index is 1.64. The molecule has 1 saturated carbocycles. The lowest BCUT2D eigenvalue weighted by Crippen LogP contribution is -2.47. The second-order valence-electron chi connectivity index (χ2n) is 8.35. The lowest BCUT2D eigenvalue weighted by atomic mass is 9.78. The molecule has 144 valence electrons. The molecule has 2 fully saturated rings. The van der Waals surface area contributed by atoms with Crippen LogP contribution in [0, 0.1) is 33.6 Å². The van der Waals surface area contributed by atoms with E-state index >= 15 is 0 Å². The maximum Gasteiger partial charge on any atom is 0.232 e. The third kappa shape index (κ3) is 3.78. The van der Waals surface area contributed by atoms with E-state index in [1.807, 2.05) is 6.92 Å². The van der Waals surface area contributed by atoms with E-state index in [-0.39, 0.29) is 0 Å². The molecule has 0 amide bonds. The van der Waals surface area contributed by atoms with Crippen LogP contribution in [0.15, 0.2) is 12.1 Å². The number of nitrogens with zero attached hydrogens (tertiary/aromatic N) is 4. The van der Waals surface area contributed by atoms with Gasteiger partial charge in [0.2, 0.25) is 11.9 Å². The lowest BCUT2D eigenvalue weighted by Gasteiger charge is -2.44. The van der Waals surface area contributed by atoms with Crippen LogP contribution in [0.3, 0.4) is 0 Å². The molecule has 1 aromatic carbocycles. The summed E-state index contributed by atoms with van der Waals surface area (Å²) in [5.41, 5.74) is 4.82. The maximum absolute atomic E-state index is 4.84. The lowest BCUT2D eigenvalue weighted by molar-refractivity contribution is 0.241. The molecule has 0 spiro atoms. The van der Waals surface area contributed by atoms with Crippen molar-refractivity contribution in [3.63, 3.8) is 0 Å². The van der Waals surface area contributed by atoms with E-state index in [2.05, 4.69) is 48.1 Å². The van der Waals surface area contributed by atoms with Gasteiger partial charge in [0.25, 0.3) is 0 Å². The van der Waals surface area contributed by atoms with Crippen LogP contribution >= 0.6 is 0 Å². The van der Waals surface area contributed by atoms with Gasteiger partial charge in [-0.05, 0) is 70.4 Å². The van der Waals surface area contributed by atoms with Gasteiger partial charge >= 0.3 is 0 Å². The summed E-state index contributed by atoms with van der Waals surface area (Å²) in [6.07, 6.45) is 7.94. The molecule has 0 radical (unpaired) electrons. The summed E-state index contributed by atoms with van der Waals surface area (Å²) in [4.78, 5) is 16.6. The van der Waals surface area contributed by atoms with Gasteiger partial charge in [0.15, 0.2) is 0 Å². The Hall–Kier alpha value is -2.17. The van der Waals surface area contributed by atoms with E-state index in [0.717, 1.165) is 29.9 Å². The third-order valence-corrected chi connectivity index (χ3v) is 6.15. The number of hydrogen-bond donors (Lipinski definition) is 1. The Kier molecular flexibility index (Phi) is 5.02. The maximum atomic E-state index is 4.84. The molecule has 2 heterocycles. The normalized spacial score (nSPS) is 22.4. The zero-order valence-corrected chi connectivity index (χ0v) is 17.0. The average molecular weight is 366 g/mol. The van der Waals surface area contributed by atoms with E-state index in [1.165, 1.54) is 55.2 Å². The minimum absolute atomic E-state index is 0.602. The third-order valence-electron chi connectivity index (χ3n) is 6.15. The summed E-state index contributed by atoms with van der Waals surface area (Å²) in [5, 5.41) is 3.47. The van der Waals surface area contributed by atoms with Crippen molar-refractivity contribution in [2.45, 2.75) is 72.3 Å². The highest BCUT2D eigenvalue weighted by molar-refractivity contribution is 5.64. The van der Waals surface area contributed by atoms with E-state index in [1.54, 1.807) is 0 Å². The van der Waals surface area contributed by atoms with Crippen LogP contribution in [0.4, 0.5) is 17.6 Å². The number of benzene rings is 1. The van der Waals surface area contributed by atoms with Crippen LogP contribution < -0.4 is 10.2 Å². The number of aromatic nitrogens is 3. The van der Waals surface area contributed by atoms with Gasteiger partial charge < -0.3 is 10.2 Å². The summed E-state index contributed by atoms with van der Waals surface area (Å²) in [6, 6.07) is 4.99. The van der Waals surface area contributed by atoms with Crippen LogP contribution in [0.25, 0.3) is 0 Å². The van der Waals surface area contributed by atoms with Gasteiger partial charge in [-0.25, -0.2) is 0 Å². The molecule has 2 atom stereocenters. The number of hydrogen-bond acceptors (Lipinski definition) is 5. The Morgan fingerprint density at radius 1 is 0.889 bits per heavy atom. The minimum atomic E-state index is 0.602. The van der Waals surface area contributed by atoms with Crippen LogP contribution in [-0.2, 0) is 0 Å². The molecule has 1 N–H and O–H groups in total. The van der Waals surface area contributed by atoms with Crippen molar-refractivity contribution >= 4 is 17.6 Å². The monoisotopic (exact) mass is 365 g/mol. The molecular formula is C22H31N5. The molecule has 27 heavy (non-hydrogen) atoms. The Morgan fingerprint density at radius 3 is 2.37 bits per heavy atom. The van der Waals surface area contributed by atoms with E-state index in [9.17, 15) is 0 Å².